The number of pyridine rings is 1. The molecule has 0 bridgehead atoms. The zero-order chi connectivity index (χ0) is 16.9. The van der Waals surface area contributed by atoms with Crippen LogP contribution in [0.25, 0.3) is 0 Å². The molecule has 1 heterocycles. The van der Waals surface area contributed by atoms with Crippen molar-refractivity contribution >= 4 is 5.91 Å². The molecule has 0 spiro atoms. The first-order chi connectivity index (χ1) is 11.5. The summed E-state index contributed by atoms with van der Waals surface area (Å²) < 4.78 is 39.0. The summed E-state index contributed by atoms with van der Waals surface area (Å²) in [5.41, 5.74) is 0.933. The Morgan fingerprint density at radius 2 is 1.96 bits per heavy atom. The molecule has 1 N–H and O–H groups in total. The minimum absolute atomic E-state index is 0.0950. The van der Waals surface area contributed by atoms with Gasteiger partial charge in [-0.25, -0.2) is 0 Å². The highest BCUT2D eigenvalue weighted by atomic mass is 19.4. The largest absolute Gasteiger partial charge is 0.434 e. The van der Waals surface area contributed by atoms with Gasteiger partial charge in [0.1, 0.15) is 0 Å². The van der Waals surface area contributed by atoms with Gasteiger partial charge in [0.15, 0.2) is 5.69 Å². The molecule has 3 atom stereocenters. The van der Waals surface area contributed by atoms with Gasteiger partial charge in [0.05, 0.1) is 5.56 Å². The summed E-state index contributed by atoms with van der Waals surface area (Å²) >= 11 is 0. The third kappa shape index (κ3) is 2.46. The van der Waals surface area contributed by atoms with Gasteiger partial charge in [-0.15, -0.1) is 0 Å². The lowest BCUT2D eigenvalue weighted by Gasteiger charge is -2.13. The molecular formula is C18H15F3N2O. The fourth-order valence-corrected chi connectivity index (χ4v) is 3.81. The van der Waals surface area contributed by atoms with Gasteiger partial charge < -0.3 is 5.32 Å². The SMILES string of the molecule is O=C(N[C@@H]1[C@@H]2CCc3ccccc3[C@@H]21)c1cccnc1C(F)(F)F. The second-order valence-electron chi connectivity index (χ2n) is 6.32. The number of aryl methyl sites for hydroxylation is 1. The Morgan fingerprint density at radius 1 is 1.17 bits per heavy atom. The van der Waals surface area contributed by atoms with Crippen molar-refractivity contribution in [2.45, 2.75) is 31.0 Å². The molecule has 0 unspecified atom stereocenters. The average Bonchev–Trinajstić information content (AvgIpc) is 3.27. The molecule has 1 aromatic heterocycles. The van der Waals surface area contributed by atoms with Crippen molar-refractivity contribution in [3.63, 3.8) is 0 Å². The van der Waals surface area contributed by atoms with E-state index in [2.05, 4.69) is 16.4 Å². The monoisotopic (exact) mass is 332 g/mol. The normalized spacial score (nSPS) is 24.7. The van der Waals surface area contributed by atoms with E-state index >= 15 is 0 Å². The first-order valence-electron chi connectivity index (χ1n) is 7.87. The van der Waals surface area contributed by atoms with Gasteiger partial charge in [0, 0.05) is 18.2 Å². The van der Waals surface area contributed by atoms with Gasteiger partial charge in [-0.3, -0.25) is 9.78 Å². The molecule has 1 amide bonds. The summed E-state index contributed by atoms with van der Waals surface area (Å²) in [7, 11) is 0. The molecule has 124 valence electrons. The number of halogens is 3. The maximum atomic E-state index is 13.0. The van der Waals surface area contributed by atoms with Crippen LogP contribution in [0.3, 0.4) is 0 Å². The lowest BCUT2D eigenvalue weighted by atomic mass is 9.92. The van der Waals surface area contributed by atoms with E-state index in [1.54, 1.807) is 0 Å². The van der Waals surface area contributed by atoms with Crippen molar-refractivity contribution in [1.82, 2.24) is 10.3 Å². The fourth-order valence-electron chi connectivity index (χ4n) is 3.81. The van der Waals surface area contributed by atoms with Gasteiger partial charge in [0.25, 0.3) is 5.91 Å². The second kappa shape index (κ2) is 5.33. The van der Waals surface area contributed by atoms with Gasteiger partial charge in [-0.2, -0.15) is 13.2 Å². The molecule has 4 rings (SSSR count). The average molecular weight is 332 g/mol. The van der Waals surface area contributed by atoms with E-state index in [4.69, 9.17) is 0 Å². The fraction of sp³-hybridized carbons (Fsp3) is 0.333. The Morgan fingerprint density at radius 3 is 2.75 bits per heavy atom. The molecule has 0 saturated heterocycles. The minimum atomic E-state index is -4.64. The number of carbonyl (C=O) groups excluding carboxylic acids is 1. The molecule has 6 heteroatoms. The molecule has 2 aromatic rings. The molecular weight excluding hydrogens is 317 g/mol. The van der Waals surface area contributed by atoms with E-state index in [9.17, 15) is 18.0 Å². The van der Waals surface area contributed by atoms with Crippen molar-refractivity contribution in [3.05, 3.63) is 65.0 Å². The predicted molar refractivity (Wildman–Crippen MR) is 81.5 cm³/mol. The van der Waals surface area contributed by atoms with Gasteiger partial charge in [0.2, 0.25) is 0 Å². The second-order valence-corrected chi connectivity index (χ2v) is 6.32. The zero-order valence-corrected chi connectivity index (χ0v) is 12.7. The number of benzene rings is 1. The summed E-state index contributed by atoms with van der Waals surface area (Å²) in [6.07, 6.45) is -1.69. The Labute approximate surface area is 136 Å². The van der Waals surface area contributed by atoms with Crippen molar-refractivity contribution in [2.75, 3.05) is 0 Å². The molecule has 24 heavy (non-hydrogen) atoms. The highest BCUT2D eigenvalue weighted by Crippen LogP contribution is 2.54. The summed E-state index contributed by atoms with van der Waals surface area (Å²) in [6.45, 7) is 0. The van der Waals surface area contributed by atoms with E-state index in [-0.39, 0.29) is 12.0 Å². The molecule has 1 saturated carbocycles. The maximum Gasteiger partial charge on any atom is 0.434 e. The first kappa shape index (κ1) is 15.2. The maximum absolute atomic E-state index is 13.0. The molecule has 1 aromatic carbocycles. The molecule has 3 nitrogen and oxygen atoms in total. The molecule has 2 aliphatic rings. The van der Waals surface area contributed by atoms with Crippen LogP contribution in [0.15, 0.2) is 42.6 Å². The van der Waals surface area contributed by atoms with E-state index in [1.165, 1.54) is 23.3 Å². The summed E-state index contributed by atoms with van der Waals surface area (Å²) in [5.74, 6) is -0.174. The highest BCUT2D eigenvalue weighted by molar-refractivity contribution is 5.96. The number of nitrogens with one attached hydrogen (secondary N) is 1. The Balaban J connectivity index is 1.56. The number of amides is 1. The molecule has 1 fully saturated rings. The number of carbonyl (C=O) groups is 1. The smallest absolute Gasteiger partial charge is 0.348 e. The van der Waals surface area contributed by atoms with Gasteiger partial charge >= 0.3 is 6.18 Å². The Hall–Kier alpha value is -2.37. The Kier molecular flexibility index (Phi) is 3.37. The van der Waals surface area contributed by atoms with Crippen LogP contribution in [0.1, 0.15) is 39.5 Å². The highest BCUT2D eigenvalue weighted by Gasteiger charge is 2.54. The molecule has 2 aliphatic carbocycles. The summed E-state index contributed by atoms with van der Waals surface area (Å²) in [6, 6.07) is 10.5. The third-order valence-electron chi connectivity index (χ3n) is 4.95. The van der Waals surface area contributed by atoms with Crippen LogP contribution in [0.5, 0.6) is 0 Å². The minimum Gasteiger partial charge on any atom is -0.348 e. The van der Waals surface area contributed by atoms with Crippen molar-refractivity contribution in [2.24, 2.45) is 5.92 Å². The third-order valence-corrected chi connectivity index (χ3v) is 4.95. The number of aromatic nitrogens is 1. The van der Waals surface area contributed by atoms with E-state index in [1.807, 2.05) is 18.2 Å². The molecule has 0 aliphatic heterocycles. The van der Waals surface area contributed by atoms with Crippen LogP contribution in [-0.4, -0.2) is 16.9 Å². The van der Waals surface area contributed by atoms with Crippen LogP contribution in [-0.2, 0) is 12.6 Å². The number of fused-ring (bicyclic) bond motifs is 3. The van der Waals surface area contributed by atoms with Crippen molar-refractivity contribution in [3.8, 4) is 0 Å². The number of hydrogen-bond donors (Lipinski definition) is 1. The van der Waals surface area contributed by atoms with Crippen molar-refractivity contribution in [1.29, 1.82) is 0 Å². The summed E-state index contributed by atoms with van der Waals surface area (Å²) in [4.78, 5) is 15.7. The number of nitrogens with zero attached hydrogens (tertiary/aromatic N) is 1. The summed E-state index contributed by atoms with van der Waals surface area (Å²) in [5, 5.41) is 2.79. The van der Waals surface area contributed by atoms with Crippen LogP contribution in [0.4, 0.5) is 13.2 Å². The van der Waals surface area contributed by atoms with Crippen molar-refractivity contribution < 1.29 is 18.0 Å². The van der Waals surface area contributed by atoms with Crippen LogP contribution < -0.4 is 5.32 Å². The van der Waals surface area contributed by atoms with Crippen LogP contribution in [0.2, 0.25) is 0 Å². The lowest BCUT2D eigenvalue weighted by molar-refractivity contribution is -0.141. The number of rotatable bonds is 2. The quantitative estimate of drug-likeness (QED) is 0.914. The Bertz CT molecular complexity index is 803. The predicted octanol–water partition coefficient (Wildman–Crippen LogP) is 3.56. The topological polar surface area (TPSA) is 42.0 Å². The van der Waals surface area contributed by atoms with Crippen LogP contribution in [0, 0.1) is 5.92 Å². The lowest BCUT2D eigenvalue weighted by Crippen LogP contribution is -2.30. The van der Waals surface area contributed by atoms with E-state index < -0.39 is 23.3 Å². The van der Waals surface area contributed by atoms with Gasteiger partial charge in [-0.05, 0) is 42.0 Å². The van der Waals surface area contributed by atoms with E-state index in [0.717, 1.165) is 19.0 Å². The van der Waals surface area contributed by atoms with Crippen LogP contribution >= 0.6 is 0 Å². The number of hydrogen-bond acceptors (Lipinski definition) is 2. The molecule has 0 radical (unpaired) electrons. The first-order valence-corrected chi connectivity index (χ1v) is 7.87. The van der Waals surface area contributed by atoms with E-state index in [0.29, 0.717) is 5.92 Å². The standard InChI is InChI=1S/C18H15F3N2O/c19-18(20,21)16-13(6-3-9-22-16)17(24)23-15-12-8-7-10-4-1-2-5-11(10)14(12)15/h1-6,9,12,14-15H,7-8H2,(H,23,24)/t12-,14+,15-/m1/s1. The number of alkyl halides is 3. The van der Waals surface area contributed by atoms with Gasteiger partial charge in [-0.1, -0.05) is 24.3 Å². The zero-order valence-electron chi connectivity index (χ0n) is 12.7.